The Morgan fingerprint density at radius 3 is 2.24 bits per heavy atom. The minimum absolute atomic E-state index is 0.614. The molecule has 1 aliphatic heterocycles. The molecule has 0 aromatic heterocycles. The van der Waals surface area contributed by atoms with Gasteiger partial charge in [0.15, 0.2) is 0 Å². The van der Waals surface area contributed by atoms with Gasteiger partial charge < -0.3 is 11.1 Å². The Hall–Kier alpha value is -0.120. The molecule has 0 aromatic carbocycles. The molecule has 102 valence electrons. The first kappa shape index (κ1) is 14.9. The standard InChI is InChI=1S/C14H31N3/c1-12(2)14(9-15)11-16-10-13(3)17-7-5-4-6-8-17/h12-14,16H,4-11,15H2,1-3H3. The highest BCUT2D eigenvalue weighted by atomic mass is 15.2. The van der Waals surface area contributed by atoms with Crippen molar-refractivity contribution in [1.82, 2.24) is 10.2 Å². The number of rotatable bonds is 7. The van der Waals surface area contributed by atoms with E-state index >= 15 is 0 Å². The van der Waals surface area contributed by atoms with Gasteiger partial charge >= 0.3 is 0 Å². The molecule has 0 bridgehead atoms. The summed E-state index contributed by atoms with van der Waals surface area (Å²) in [6.45, 7) is 12.4. The minimum atomic E-state index is 0.614. The first-order valence-corrected chi connectivity index (χ1v) is 7.30. The molecule has 0 radical (unpaired) electrons. The number of likely N-dealkylation sites (tertiary alicyclic amines) is 1. The quantitative estimate of drug-likeness (QED) is 0.712. The molecule has 3 N–H and O–H groups in total. The van der Waals surface area contributed by atoms with Crippen molar-refractivity contribution in [3.63, 3.8) is 0 Å². The van der Waals surface area contributed by atoms with Gasteiger partial charge in [0.25, 0.3) is 0 Å². The number of nitrogens with zero attached hydrogens (tertiary/aromatic N) is 1. The third-order valence-corrected chi connectivity index (χ3v) is 4.11. The fraction of sp³-hybridized carbons (Fsp3) is 1.00. The van der Waals surface area contributed by atoms with Crippen LogP contribution in [0.2, 0.25) is 0 Å². The lowest BCUT2D eigenvalue weighted by molar-refractivity contribution is 0.169. The van der Waals surface area contributed by atoms with Gasteiger partial charge in [-0.05, 0) is 57.8 Å². The molecule has 3 heteroatoms. The van der Waals surface area contributed by atoms with Crippen LogP contribution in [-0.4, -0.2) is 43.7 Å². The number of hydrogen-bond acceptors (Lipinski definition) is 3. The van der Waals surface area contributed by atoms with Gasteiger partial charge in [-0.2, -0.15) is 0 Å². The molecule has 1 heterocycles. The molecule has 2 unspecified atom stereocenters. The zero-order chi connectivity index (χ0) is 12.7. The Balaban J connectivity index is 2.16. The van der Waals surface area contributed by atoms with Crippen molar-refractivity contribution < 1.29 is 0 Å². The van der Waals surface area contributed by atoms with Crippen LogP contribution in [-0.2, 0) is 0 Å². The number of nitrogens with two attached hydrogens (primary N) is 1. The van der Waals surface area contributed by atoms with Crippen LogP contribution in [0.5, 0.6) is 0 Å². The summed E-state index contributed by atoms with van der Waals surface area (Å²) in [7, 11) is 0. The van der Waals surface area contributed by atoms with Crippen molar-refractivity contribution in [2.45, 2.75) is 46.1 Å². The summed E-state index contributed by atoms with van der Waals surface area (Å²) >= 11 is 0. The summed E-state index contributed by atoms with van der Waals surface area (Å²) in [4.78, 5) is 2.61. The monoisotopic (exact) mass is 241 g/mol. The Bertz CT molecular complexity index is 188. The Labute approximate surface area is 107 Å². The number of hydrogen-bond donors (Lipinski definition) is 2. The van der Waals surface area contributed by atoms with Crippen molar-refractivity contribution in [2.75, 3.05) is 32.7 Å². The summed E-state index contributed by atoms with van der Waals surface area (Å²) in [6, 6.07) is 0.667. The molecule has 0 spiro atoms. The van der Waals surface area contributed by atoms with Crippen LogP contribution in [0.25, 0.3) is 0 Å². The highest BCUT2D eigenvalue weighted by Crippen LogP contribution is 2.12. The summed E-state index contributed by atoms with van der Waals surface area (Å²) in [5.41, 5.74) is 5.78. The van der Waals surface area contributed by atoms with E-state index in [0.29, 0.717) is 17.9 Å². The van der Waals surface area contributed by atoms with Gasteiger partial charge in [-0.1, -0.05) is 20.3 Å². The normalized spacial score (nSPS) is 21.7. The van der Waals surface area contributed by atoms with Gasteiger partial charge in [-0.3, -0.25) is 4.90 Å². The van der Waals surface area contributed by atoms with E-state index < -0.39 is 0 Å². The summed E-state index contributed by atoms with van der Waals surface area (Å²) in [6.07, 6.45) is 4.17. The zero-order valence-electron chi connectivity index (χ0n) is 11.9. The Morgan fingerprint density at radius 2 is 1.71 bits per heavy atom. The van der Waals surface area contributed by atoms with Crippen LogP contribution in [0.3, 0.4) is 0 Å². The van der Waals surface area contributed by atoms with Gasteiger partial charge in [-0.15, -0.1) is 0 Å². The second-order valence-corrected chi connectivity index (χ2v) is 5.84. The molecule has 1 rings (SSSR count). The molecule has 17 heavy (non-hydrogen) atoms. The van der Waals surface area contributed by atoms with Crippen LogP contribution in [0.1, 0.15) is 40.0 Å². The molecular weight excluding hydrogens is 210 g/mol. The Kier molecular flexibility index (Phi) is 7.09. The van der Waals surface area contributed by atoms with E-state index in [9.17, 15) is 0 Å². The molecule has 0 aromatic rings. The summed E-state index contributed by atoms with van der Waals surface area (Å²) in [5, 5.41) is 3.59. The minimum Gasteiger partial charge on any atom is -0.330 e. The Morgan fingerprint density at radius 1 is 1.06 bits per heavy atom. The van der Waals surface area contributed by atoms with Crippen molar-refractivity contribution in [3.8, 4) is 0 Å². The second-order valence-electron chi connectivity index (χ2n) is 5.84. The molecule has 1 aliphatic rings. The van der Waals surface area contributed by atoms with Crippen LogP contribution in [0, 0.1) is 11.8 Å². The summed E-state index contributed by atoms with van der Waals surface area (Å²) < 4.78 is 0. The maximum Gasteiger partial charge on any atom is 0.0192 e. The molecule has 1 saturated heterocycles. The average Bonchev–Trinajstić information content (AvgIpc) is 2.35. The third kappa shape index (κ3) is 5.36. The number of nitrogens with one attached hydrogen (secondary N) is 1. The molecule has 3 nitrogen and oxygen atoms in total. The van der Waals surface area contributed by atoms with E-state index in [2.05, 4.69) is 31.0 Å². The van der Waals surface area contributed by atoms with E-state index in [1.807, 2.05) is 0 Å². The van der Waals surface area contributed by atoms with Gasteiger partial charge in [-0.25, -0.2) is 0 Å². The largest absolute Gasteiger partial charge is 0.330 e. The van der Waals surface area contributed by atoms with Crippen molar-refractivity contribution in [2.24, 2.45) is 17.6 Å². The SMILES string of the molecule is CC(C)C(CN)CNCC(C)N1CCCCC1. The van der Waals surface area contributed by atoms with Gasteiger partial charge in [0.1, 0.15) is 0 Å². The lowest BCUT2D eigenvalue weighted by Crippen LogP contribution is -2.44. The fourth-order valence-electron chi connectivity index (χ4n) is 2.56. The lowest BCUT2D eigenvalue weighted by atomic mass is 9.96. The molecule has 0 saturated carbocycles. The number of piperidine rings is 1. The summed E-state index contributed by atoms with van der Waals surface area (Å²) in [5.74, 6) is 1.29. The second kappa shape index (κ2) is 8.06. The zero-order valence-corrected chi connectivity index (χ0v) is 11.9. The van der Waals surface area contributed by atoms with E-state index in [4.69, 9.17) is 5.73 Å². The molecule has 0 aliphatic carbocycles. The fourth-order valence-corrected chi connectivity index (χ4v) is 2.56. The van der Waals surface area contributed by atoms with Crippen LogP contribution < -0.4 is 11.1 Å². The smallest absolute Gasteiger partial charge is 0.0192 e. The predicted octanol–water partition coefficient (Wildman–Crippen LogP) is 1.68. The third-order valence-electron chi connectivity index (χ3n) is 4.11. The van der Waals surface area contributed by atoms with E-state index in [1.165, 1.54) is 32.4 Å². The van der Waals surface area contributed by atoms with E-state index in [-0.39, 0.29) is 0 Å². The van der Waals surface area contributed by atoms with Crippen molar-refractivity contribution >= 4 is 0 Å². The first-order valence-electron chi connectivity index (χ1n) is 7.30. The maximum absolute atomic E-state index is 5.78. The average molecular weight is 241 g/mol. The molecule has 1 fully saturated rings. The molecule has 2 atom stereocenters. The lowest BCUT2D eigenvalue weighted by Gasteiger charge is -2.33. The highest BCUT2D eigenvalue weighted by molar-refractivity contribution is 4.74. The van der Waals surface area contributed by atoms with Crippen molar-refractivity contribution in [1.29, 1.82) is 0 Å². The van der Waals surface area contributed by atoms with Crippen LogP contribution in [0.15, 0.2) is 0 Å². The van der Waals surface area contributed by atoms with Crippen LogP contribution in [0.4, 0.5) is 0 Å². The first-order chi connectivity index (χ1) is 8.15. The van der Waals surface area contributed by atoms with Crippen molar-refractivity contribution in [3.05, 3.63) is 0 Å². The maximum atomic E-state index is 5.78. The van der Waals surface area contributed by atoms with Gasteiger partial charge in [0, 0.05) is 12.6 Å². The highest BCUT2D eigenvalue weighted by Gasteiger charge is 2.17. The topological polar surface area (TPSA) is 41.3 Å². The predicted molar refractivity (Wildman–Crippen MR) is 75.1 cm³/mol. The van der Waals surface area contributed by atoms with Gasteiger partial charge in [0.2, 0.25) is 0 Å². The molecule has 0 amide bonds. The van der Waals surface area contributed by atoms with E-state index in [1.54, 1.807) is 0 Å². The molecular formula is C14H31N3. The van der Waals surface area contributed by atoms with Crippen LogP contribution >= 0.6 is 0 Å². The van der Waals surface area contributed by atoms with Gasteiger partial charge in [0.05, 0.1) is 0 Å². The van der Waals surface area contributed by atoms with E-state index in [0.717, 1.165) is 19.6 Å².